The largest absolute Gasteiger partial charge is 0.490 e. The molecule has 13 heteroatoms. The molecular formula is C33H35FN2O9S. The Hall–Kier alpha value is -4.46. The van der Waals surface area contributed by atoms with Gasteiger partial charge in [0, 0.05) is 24.1 Å². The number of para-hydroxylation sites is 1. The number of nitrogens with one attached hydrogen (secondary N) is 1. The van der Waals surface area contributed by atoms with Crippen molar-refractivity contribution in [3.05, 3.63) is 83.2 Å². The average Bonchev–Trinajstić information content (AvgIpc) is 3.81. The number of carboxylic acids is 1. The predicted octanol–water partition coefficient (Wildman–Crippen LogP) is 5.05. The molecule has 46 heavy (non-hydrogen) atoms. The van der Waals surface area contributed by atoms with Crippen molar-refractivity contribution in [2.75, 3.05) is 57.2 Å². The van der Waals surface area contributed by atoms with Crippen LogP contribution < -0.4 is 14.4 Å². The Kier molecular flexibility index (Phi) is 10.2. The number of fused-ring (bicyclic) bond motifs is 1. The maximum absolute atomic E-state index is 13.6. The van der Waals surface area contributed by atoms with Gasteiger partial charge in [-0.25, -0.2) is 17.6 Å². The highest BCUT2D eigenvalue weighted by Gasteiger charge is 2.33. The number of carboxylic acid groups (broad SMARTS) is 1. The zero-order chi connectivity index (χ0) is 32.8. The number of rotatable bonds is 16. The molecule has 2 N–H and O–H groups in total. The van der Waals surface area contributed by atoms with Crippen LogP contribution in [0.25, 0.3) is 22.3 Å². The number of anilines is 1. The molecule has 5 rings (SSSR count). The van der Waals surface area contributed by atoms with Crippen molar-refractivity contribution in [1.29, 1.82) is 0 Å². The molecule has 1 aliphatic rings. The van der Waals surface area contributed by atoms with Crippen molar-refractivity contribution in [3.8, 4) is 17.1 Å². The lowest BCUT2D eigenvalue weighted by Gasteiger charge is -2.25. The summed E-state index contributed by atoms with van der Waals surface area (Å²) in [6, 6.07) is 15.4. The van der Waals surface area contributed by atoms with Crippen LogP contribution in [0.4, 0.5) is 10.1 Å². The number of hydrogen-bond acceptors (Lipinski definition) is 8. The number of amides is 1. The molecule has 0 bridgehead atoms. The molecule has 4 aromatic rings. The minimum atomic E-state index is -3.74. The van der Waals surface area contributed by atoms with Gasteiger partial charge in [-0.1, -0.05) is 12.1 Å². The van der Waals surface area contributed by atoms with E-state index in [0.29, 0.717) is 27.8 Å². The van der Waals surface area contributed by atoms with E-state index in [1.807, 2.05) is 6.07 Å². The van der Waals surface area contributed by atoms with Gasteiger partial charge < -0.3 is 29.1 Å². The summed E-state index contributed by atoms with van der Waals surface area (Å²) in [6.45, 7) is 0.903. The quantitative estimate of drug-likeness (QED) is 0.159. The van der Waals surface area contributed by atoms with Gasteiger partial charge >= 0.3 is 5.97 Å². The molecule has 1 amide bonds. The molecule has 0 spiro atoms. The fourth-order valence-electron chi connectivity index (χ4n) is 5.16. The van der Waals surface area contributed by atoms with E-state index in [1.165, 1.54) is 41.7 Å². The van der Waals surface area contributed by atoms with Crippen molar-refractivity contribution in [1.82, 2.24) is 5.32 Å². The predicted molar refractivity (Wildman–Crippen MR) is 170 cm³/mol. The van der Waals surface area contributed by atoms with Crippen molar-refractivity contribution >= 4 is 38.6 Å². The molecule has 0 unspecified atom stereocenters. The molecule has 0 atom stereocenters. The fraction of sp³-hybridized carbons (Fsp3) is 0.333. The van der Waals surface area contributed by atoms with Crippen molar-refractivity contribution in [2.24, 2.45) is 0 Å². The van der Waals surface area contributed by atoms with Crippen LogP contribution in [0, 0.1) is 5.82 Å². The Bertz CT molecular complexity index is 1820. The lowest BCUT2D eigenvalue weighted by molar-refractivity contribution is 0.0386. The summed E-state index contributed by atoms with van der Waals surface area (Å²) in [5.74, 6) is -1.23. The van der Waals surface area contributed by atoms with Gasteiger partial charge in [0.2, 0.25) is 10.0 Å². The van der Waals surface area contributed by atoms with E-state index in [4.69, 9.17) is 18.6 Å². The maximum atomic E-state index is 13.6. The van der Waals surface area contributed by atoms with E-state index < -0.39 is 21.8 Å². The lowest BCUT2D eigenvalue weighted by atomic mass is 10.0. The summed E-state index contributed by atoms with van der Waals surface area (Å²) in [6.07, 6.45) is 2.89. The van der Waals surface area contributed by atoms with E-state index in [-0.39, 0.29) is 68.5 Å². The van der Waals surface area contributed by atoms with Crippen LogP contribution in [-0.4, -0.2) is 78.3 Å². The summed E-state index contributed by atoms with van der Waals surface area (Å²) in [5.41, 5.74) is 2.45. The molecule has 0 aliphatic heterocycles. The third kappa shape index (κ3) is 7.66. The van der Waals surface area contributed by atoms with Gasteiger partial charge in [0.15, 0.2) is 0 Å². The third-order valence-electron chi connectivity index (χ3n) is 7.50. The van der Waals surface area contributed by atoms with E-state index in [9.17, 15) is 27.5 Å². The van der Waals surface area contributed by atoms with Crippen molar-refractivity contribution in [3.63, 3.8) is 0 Å². The first kappa shape index (κ1) is 32.9. The minimum Gasteiger partial charge on any atom is -0.490 e. The molecule has 3 aromatic carbocycles. The molecule has 1 aliphatic carbocycles. The molecule has 0 saturated heterocycles. The number of sulfonamides is 1. The summed E-state index contributed by atoms with van der Waals surface area (Å²) in [7, 11) is -2.22. The number of carbonyl (C=O) groups is 2. The second-order valence-electron chi connectivity index (χ2n) is 10.8. The highest BCUT2D eigenvalue weighted by atomic mass is 32.2. The number of hydrogen-bond donors (Lipinski definition) is 2. The number of furan rings is 1. The van der Waals surface area contributed by atoms with Crippen molar-refractivity contribution < 1.29 is 46.1 Å². The number of carbonyl (C=O) groups excluding carboxylic acids is 1. The molecular weight excluding hydrogens is 619 g/mol. The van der Waals surface area contributed by atoms with Gasteiger partial charge in [-0.15, -0.1) is 0 Å². The maximum Gasteiger partial charge on any atom is 0.339 e. The zero-order valence-corrected chi connectivity index (χ0v) is 26.3. The fourth-order valence-corrected chi connectivity index (χ4v) is 6.08. The van der Waals surface area contributed by atoms with E-state index >= 15 is 0 Å². The second kappa shape index (κ2) is 14.3. The zero-order valence-electron chi connectivity index (χ0n) is 25.5. The van der Waals surface area contributed by atoms with Gasteiger partial charge in [-0.05, 0) is 66.8 Å². The van der Waals surface area contributed by atoms with Gasteiger partial charge in [0.05, 0.1) is 50.5 Å². The van der Waals surface area contributed by atoms with Crippen LogP contribution in [0.15, 0.2) is 65.1 Å². The second-order valence-corrected chi connectivity index (χ2v) is 12.7. The first-order valence-corrected chi connectivity index (χ1v) is 16.6. The Morgan fingerprint density at radius 3 is 2.33 bits per heavy atom. The Balaban J connectivity index is 1.26. The third-order valence-corrected chi connectivity index (χ3v) is 8.68. The number of ether oxygens (including phenoxy) is 3. The Morgan fingerprint density at radius 2 is 1.67 bits per heavy atom. The molecule has 244 valence electrons. The van der Waals surface area contributed by atoms with Crippen LogP contribution in [0.3, 0.4) is 0 Å². The summed E-state index contributed by atoms with van der Waals surface area (Å²) in [4.78, 5) is 24.3. The summed E-state index contributed by atoms with van der Waals surface area (Å²) in [5, 5.41) is 12.4. The van der Waals surface area contributed by atoms with Crippen LogP contribution in [-0.2, 0) is 19.5 Å². The first-order valence-electron chi connectivity index (χ1n) is 14.7. The number of nitrogens with zero attached hydrogens (tertiary/aromatic N) is 1. The van der Waals surface area contributed by atoms with Crippen LogP contribution in [0.2, 0.25) is 0 Å². The minimum absolute atomic E-state index is 0.0347. The molecule has 1 heterocycles. The highest BCUT2D eigenvalue weighted by molar-refractivity contribution is 7.92. The van der Waals surface area contributed by atoms with E-state index in [1.54, 1.807) is 24.3 Å². The topological polar surface area (TPSA) is 145 Å². The normalized spacial score (nSPS) is 13.1. The highest BCUT2D eigenvalue weighted by Crippen LogP contribution is 2.48. The SMILES string of the molecule is CNC(=O)c1c(-c2ccc(F)cc2)oc2cc(N(CCOCCOCCOc3ccccc3C(=O)O)S(C)(=O)=O)c(C3CC3)cc12. The van der Waals surface area contributed by atoms with E-state index in [2.05, 4.69) is 5.32 Å². The van der Waals surface area contributed by atoms with Gasteiger partial charge in [-0.2, -0.15) is 0 Å². The monoisotopic (exact) mass is 654 g/mol. The van der Waals surface area contributed by atoms with Gasteiger partial charge in [-0.3, -0.25) is 9.10 Å². The summed E-state index contributed by atoms with van der Waals surface area (Å²) < 4.78 is 63.8. The van der Waals surface area contributed by atoms with Gasteiger partial charge in [0.25, 0.3) is 5.91 Å². The van der Waals surface area contributed by atoms with Crippen LogP contribution in [0.1, 0.15) is 45.0 Å². The molecule has 1 saturated carbocycles. The molecule has 1 aromatic heterocycles. The number of aromatic carboxylic acids is 1. The van der Waals surface area contributed by atoms with E-state index in [0.717, 1.165) is 24.7 Å². The van der Waals surface area contributed by atoms with Gasteiger partial charge in [0.1, 0.15) is 35.1 Å². The standard InChI is InChI=1S/C33H35FN2O9S/c1-35-32(37)30-26-19-25(21-7-8-21)27(20-29(26)45-31(30)22-9-11-23(34)12-10-22)36(46(2,40)41)13-14-42-15-16-43-17-18-44-28-6-4-3-5-24(28)33(38)39/h3-6,9-12,19-21H,7-8,13-18H2,1-2H3,(H,35,37)(H,38,39). The van der Waals surface area contributed by atoms with Crippen molar-refractivity contribution in [2.45, 2.75) is 18.8 Å². The first-order chi connectivity index (χ1) is 22.1. The smallest absolute Gasteiger partial charge is 0.339 e. The lowest BCUT2D eigenvalue weighted by Crippen LogP contribution is -2.34. The summed E-state index contributed by atoms with van der Waals surface area (Å²) >= 11 is 0. The van der Waals surface area contributed by atoms with Crippen LogP contribution in [0.5, 0.6) is 5.75 Å². The number of halogens is 1. The molecule has 0 radical (unpaired) electrons. The Labute approximate surface area is 265 Å². The number of benzene rings is 3. The molecule has 1 fully saturated rings. The molecule has 11 nitrogen and oxygen atoms in total. The van der Waals surface area contributed by atoms with Crippen LogP contribution >= 0.6 is 0 Å². The average molecular weight is 655 g/mol. The Morgan fingerprint density at radius 1 is 1.00 bits per heavy atom.